The Morgan fingerprint density at radius 1 is 1.35 bits per heavy atom. The van der Waals surface area contributed by atoms with Crippen molar-refractivity contribution in [2.45, 2.75) is 52.7 Å². The average Bonchev–Trinajstić information content (AvgIpc) is 2.86. The van der Waals surface area contributed by atoms with E-state index in [4.69, 9.17) is 0 Å². The van der Waals surface area contributed by atoms with E-state index in [2.05, 4.69) is 5.32 Å². The van der Waals surface area contributed by atoms with E-state index in [1.54, 1.807) is 23.2 Å². The Bertz CT molecular complexity index is 504. The first kappa shape index (κ1) is 15.0. The number of rotatable bonds is 2. The molecule has 4 nitrogen and oxygen atoms in total. The Morgan fingerprint density at radius 3 is 2.50 bits per heavy atom. The van der Waals surface area contributed by atoms with Crippen LogP contribution in [0.5, 0.6) is 0 Å². The molecule has 0 bridgehead atoms. The van der Waals surface area contributed by atoms with Crippen molar-refractivity contribution < 1.29 is 9.59 Å². The lowest BCUT2D eigenvalue weighted by Gasteiger charge is -2.44. The van der Waals surface area contributed by atoms with Crippen LogP contribution in [0.2, 0.25) is 0 Å². The van der Waals surface area contributed by atoms with Gasteiger partial charge in [0, 0.05) is 0 Å². The van der Waals surface area contributed by atoms with Crippen molar-refractivity contribution >= 4 is 23.2 Å². The van der Waals surface area contributed by atoms with Gasteiger partial charge in [-0.05, 0) is 41.7 Å². The van der Waals surface area contributed by atoms with Crippen molar-refractivity contribution in [3.8, 4) is 0 Å². The van der Waals surface area contributed by atoms with Gasteiger partial charge in [0.1, 0.15) is 12.1 Å². The summed E-state index contributed by atoms with van der Waals surface area (Å²) in [6.07, 6.45) is 0. The van der Waals surface area contributed by atoms with Gasteiger partial charge in [0.25, 0.3) is 0 Å². The fraction of sp³-hybridized carbons (Fsp3) is 0.600. The highest BCUT2D eigenvalue weighted by molar-refractivity contribution is 7.07. The van der Waals surface area contributed by atoms with Crippen LogP contribution < -0.4 is 5.32 Å². The molecule has 110 valence electrons. The predicted octanol–water partition coefficient (Wildman–Crippen LogP) is 2.57. The topological polar surface area (TPSA) is 49.4 Å². The van der Waals surface area contributed by atoms with Crippen LogP contribution in [0, 0.1) is 5.41 Å². The summed E-state index contributed by atoms with van der Waals surface area (Å²) < 4.78 is 0. The van der Waals surface area contributed by atoms with Crippen molar-refractivity contribution in [1.82, 2.24) is 10.2 Å². The SMILES string of the molecule is CC1C(=O)NC(C(C)(C)C)C(=O)N1C(C)c1ccsc1. The molecular weight excluding hydrogens is 272 g/mol. The lowest BCUT2D eigenvalue weighted by molar-refractivity contribution is -0.154. The van der Waals surface area contributed by atoms with Gasteiger partial charge in [-0.3, -0.25) is 9.59 Å². The Labute approximate surface area is 124 Å². The second-order valence-electron chi connectivity index (χ2n) is 6.46. The third-order valence-electron chi connectivity index (χ3n) is 3.89. The number of hydrogen-bond acceptors (Lipinski definition) is 3. The summed E-state index contributed by atoms with van der Waals surface area (Å²) in [7, 11) is 0. The molecule has 1 aromatic heterocycles. The standard InChI is InChI=1S/C15H22N2O2S/c1-9(11-6-7-20-8-11)17-10(2)13(18)16-12(14(17)19)15(3,4)5/h6-10,12H,1-5H3,(H,16,18). The molecule has 20 heavy (non-hydrogen) atoms. The lowest BCUT2D eigenvalue weighted by Crippen LogP contribution is -2.66. The molecular formula is C15H22N2O2S. The van der Waals surface area contributed by atoms with E-state index in [-0.39, 0.29) is 23.3 Å². The number of piperazine rings is 1. The third-order valence-corrected chi connectivity index (χ3v) is 4.60. The Hall–Kier alpha value is -1.36. The number of carbonyl (C=O) groups excluding carboxylic acids is 2. The van der Waals surface area contributed by atoms with Gasteiger partial charge in [-0.2, -0.15) is 11.3 Å². The smallest absolute Gasteiger partial charge is 0.246 e. The second-order valence-corrected chi connectivity index (χ2v) is 7.24. The summed E-state index contributed by atoms with van der Waals surface area (Å²) in [6, 6.07) is 1.02. The summed E-state index contributed by atoms with van der Waals surface area (Å²) in [5.41, 5.74) is 0.789. The minimum absolute atomic E-state index is 0.00306. The minimum Gasteiger partial charge on any atom is -0.342 e. The van der Waals surface area contributed by atoms with Gasteiger partial charge in [-0.1, -0.05) is 20.8 Å². The molecule has 0 aromatic carbocycles. The van der Waals surface area contributed by atoms with Crippen LogP contribution in [0.4, 0.5) is 0 Å². The van der Waals surface area contributed by atoms with Crippen molar-refractivity contribution in [3.05, 3.63) is 22.4 Å². The van der Waals surface area contributed by atoms with Crippen LogP contribution in [0.1, 0.15) is 46.2 Å². The molecule has 2 heterocycles. The quantitative estimate of drug-likeness (QED) is 0.911. The highest BCUT2D eigenvalue weighted by atomic mass is 32.1. The van der Waals surface area contributed by atoms with Crippen LogP contribution >= 0.6 is 11.3 Å². The molecule has 3 atom stereocenters. The maximum Gasteiger partial charge on any atom is 0.246 e. The predicted molar refractivity (Wildman–Crippen MR) is 80.4 cm³/mol. The van der Waals surface area contributed by atoms with Crippen LogP contribution in [-0.4, -0.2) is 28.8 Å². The monoisotopic (exact) mass is 294 g/mol. The molecule has 1 aliphatic rings. The molecule has 1 N–H and O–H groups in total. The zero-order valence-corrected chi connectivity index (χ0v) is 13.5. The number of carbonyl (C=O) groups is 2. The zero-order valence-electron chi connectivity index (χ0n) is 12.6. The second kappa shape index (κ2) is 5.20. The maximum atomic E-state index is 12.8. The molecule has 0 spiro atoms. The molecule has 1 fully saturated rings. The van der Waals surface area contributed by atoms with E-state index in [9.17, 15) is 9.59 Å². The summed E-state index contributed by atoms with van der Waals surface area (Å²) >= 11 is 1.60. The molecule has 2 rings (SSSR count). The van der Waals surface area contributed by atoms with Crippen molar-refractivity contribution in [2.24, 2.45) is 5.41 Å². The van der Waals surface area contributed by atoms with Gasteiger partial charge in [0.15, 0.2) is 0 Å². The van der Waals surface area contributed by atoms with E-state index >= 15 is 0 Å². The highest BCUT2D eigenvalue weighted by Crippen LogP contribution is 2.31. The van der Waals surface area contributed by atoms with Gasteiger partial charge < -0.3 is 10.2 Å². The average molecular weight is 294 g/mol. The molecule has 0 saturated carbocycles. The first-order chi connectivity index (χ1) is 9.23. The van der Waals surface area contributed by atoms with E-state index < -0.39 is 12.1 Å². The van der Waals surface area contributed by atoms with Gasteiger partial charge in [0.2, 0.25) is 11.8 Å². The Kier molecular flexibility index (Phi) is 3.91. The number of amides is 2. The highest BCUT2D eigenvalue weighted by Gasteiger charge is 2.45. The molecule has 0 radical (unpaired) electrons. The summed E-state index contributed by atoms with van der Waals surface area (Å²) in [4.78, 5) is 26.7. The molecule has 2 amide bonds. The van der Waals surface area contributed by atoms with Crippen LogP contribution in [0.15, 0.2) is 16.8 Å². The molecule has 5 heteroatoms. The molecule has 1 saturated heterocycles. The fourth-order valence-electron chi connectivity index (χ4n) is 2.58. The Balaban J connectivity index is 2.34. The third kappa shape index (κ3) is 2.59. The van der Waals surface area contributed by atoms with E-state index in [0.717, 1.165) is 5.56 Å². The minimum atomic E-state index is -0.465. The van der Waals surface area contributed by atoms with Gasteiger partial charge in [0.05, 0.1) is 6.04 Å². The summed E-state index contributed by atoms with van der Waals surface area (Å²) in [5, 5.41) is 6.88. The molecule has 1 aromatic rings. The van der Waals surface area contributed by atoms with Crippen LogP contribution in [0.3, 0.4) is 0 Å². The fourth-order valence-corrected chi connectivity index (χ4v) is 3.32. The number of hydrogen-bond donors (Lipinski definition) is 1. The van der Waals surface area contributed by atoms with Crippen molar-refractivity contribution in [1.29, 1.82) is 0 Å². The van der Waals surface area contributed by atoms with Gasteiger partial charge in [-0.25, -0.2) is 0 Å². The first-order valence-corrected chi connectivity index (χ1v) is 7.82. The first-order valence-electron chi connectivity index (χ1n) is 6.88. The zero-order chi connectivity index (χ0) is 15.1. The Morgan fingerprint density at radius 2 is 2.00 bits per heavy atom. The van der Waals surface area contributed by atoms with Gasteiger partial charge >= 0.3 is 0 Å². The maximum absolute atomic E-state index is 12.8. The summed E-state index contributed by atoms with van der Waals surface area (Å²) in [6.45, 7) is 9.68. The molecule has 1 aliphatic heterocycles. The van der Waals surface area contributed by atoms with Crippen LogP contribution in [-0.2, 0) is 9.59 Å². The molecule has 3 unspecified atom stereocenters. The van der Waals surface area contributed by atoms with E-state index in [0.29, 0.717) is 0 Å². The summed E-state index contributed by atoms with van der Waals surface area (Å²) in [5.74, 6) is -0.0742. The van der Waals surface area contributed by atoms with Crippen molar-refractivity contribution in [2.75, 3.05) is 0 Å². The number of nitrogens with zero attached hydrogens (tertiary/aromatic N) is 1. The van der Waals surface area contributed by atoms with Crippen LogP contribution in [0.25, 0.3) is 0 Å². The van der Waals surface area contributed by atoms with Crippen molar-refractivity contribution in [3.63, 3.8) is 0 Å². The van der Waals surface area contributed by atoms with E-state index in [1.165, 1.54) is 0 Å². The van der Waals surface area contributed by atoms with Gasteiger partial charge in [-0.15, -0.1) is 0 Å². The lowest BCUT2D eigenvalue weighted by atomic mass is 9.83. The normalized spacial score (nSPS) is 25.6. The largest absolute Gasteiger partial charge is 0.342 e. The molecule has 0 aliphatic carbocycles. The number of thiophene rings is 1. The number of nitrogens with one attached hydrogen (secondary N) is 1. The van der Waals surface area contributed by atoms with E-state index in [1.807, 2.05) is 44.5 Å².